The van der Waals surface area contributed by atoms with E-state index in [4.69, 9.17) is 9.47 Å². The fraction of sp³-hybridized carbons (Fsp3) is 0.609. The van der Waals surface area contributed by atoms with Gasteiger partial charge in [-0.1, -0.05) is 5.21 Å². The van der Waals surface area contributed by atoms with Crippen LogP contribution in [0, 0.1) is 12.8 Å². The van der Waals surface area contributed by atoms with Crippen molar-refractivity contribution in [3.8, 4) is 17.1 Å². The van der Waals surface area contributed by atoms with Gasteiger partial charge < -0.3 is 19.5 Å². The van der Waals surface area contributed by atoms with Gasteiger partial charge in [0.2, 0.25) is 0 Å². The first-order valence-corrected chi connectivity index (χ1v) is 11.5. The van der Waals surface area contributed by atoms with Crippen LogP contribution in [0.1, 0.15) is 49.9 Å². The van der Waals surface area contributed by atoms with Crippen LogP contribution in [0.5, 0.6) is 5.75 Å². The minimum Gasteiger partial charge on any atom is -0.489 e. The molecule has 1 saturated carbocycles. The van der Waals surface area contributed by atoms with E-state index in [-0.39, 0.29) is 18.6 Å². The summed E-state index contributed by atoms with van der Waals surface area (Å²) in [6.45, 7) is 1.78. The fourth-order valence-electron chi connectivity index (χ4n) is 3.97. The second-order valence-corrected chi connectivity index (χ2v) is 8.60. The lowest BCUT2D eigenvalue weighted by atomic mass is 9.87. The molecule has 0 saturated heterocycles. The number of rotatable bonds is 10. The van der Waals surface area contributed by atoms with Gasteiger partial charge in [-0.25, -0.2) is 14.5 Å². The molecule has 1 amide bonds. The van der Waals surface area contributed by atoms with Crippen LogP contribution in [0.2, 0.25) is 0 Å². The van der Waals surface area contributed by atoms with Gasteiger partial charge in [-0.2, -0.15) is 0 Å². The van der Waals surface area contributed by atoms with Crippen LogP contribution in [0.4, 0.5) is 9.18 Å². The zero-order valence-corrected chi connectivity index (χ0v) is 19.9. The summed E-state index contributed by atoms with van der Waals surface area (Å²) in [6, 6.07) is 3.56. The van der Waals surface area contributed by atoms with E-state index in [0.29, 0.717) is 60.8 Å². The third-order valence-corrected chi connectivity index (χ3v) is 6.01. The Balaban J connectivity index is 1.66. The first-order valence-electron chi connectivity index (χ1n) is 11.5. The molecule has 0 unspecified atom stereocenters. The molecule has 2 heterocycles. The predicted octanol–water partition coefficient (Wildman–Crippen LogP) is 3.53. The quantitative estimate of drug-likeness (QED) is 0.517. The second-order valence-electron chi connectivity index (χ2n) is 8.60. The molecule has 1 aliphatic carbocycles. The summed E-state index contributed by atoms with van der Waals surface area (Å²) in [6.07, 6.45) is 3.10. The summed E-state index contributed by atoms with van der Waals surface area (Å²) in [5.74, 6) is -0.550. The number of hydrogen-bond acceptors (Lipinski definition) is 7. The summed E-state index contributed by atoms with van der Waals surface area (Å²) in [5.41, 5.74) is 2.29. The standard InChI is InChI=1S/C23H32FN5O5/c1-15-20(34-17-8-6-7-16(13-17)22(30)31)10-9-18(25-15)21-19(29(3)27-26-21)14-33-23(32)28(2)12-5-4-11-24/h9-10,16-17H,4-8,11-14H2,1-3H3,(H,30,31)/t16-,17+/m1/s1/i24-1. The van der Waals surface area contributed by atoms with Gasteiger partial charge in [-0.05, 0) is 57.6 Å². The fourth-order valence-corrected chi connectivity index (χ4v) is 3.97. The highest BCUT2D eigenvalue weighted by atomic mass is 18.2. The van der Waals surface area contributed by atoms with Crippen LogP contribution in [0.15, 0.2) is 12.1 Å². The largest absolute Gasteiger partial charge is 0.489 e. The first kappa shape index (κ1) is 25.4. The predicted molar refractivity (Wildman–Crippen MR) is 121 cm³/mol. The molecular formula is C23H32FN5O5. The first-order chi connectivity index (χ1) is 16.3. The number of halogens is 1. The van der Waals surface area contributed by atoms with E-state index in [1.165, 1.54) is 9.58 Å². The van der Waals surface area contributed by atoms with Crippen LogP contribution < -0.4 is 4.74 Å². The number of amides is 1. The lowest BCUT2D eigenvalue weighted by Crippen LogP contribution is -2.29. The molecule has 0 aromatic carbocycles. The van der Waals surface area contributed by atoms with Crippen molar-refractivity contribution < 1.29 is 28.6 Å². The smallest absolute Gasteiger partial charge is 0.409 e. The van der Waals surface area contributed by atoms with Gasteiger partial charge in [-0.3, -0.25) is 9.18 Å². The number of carboxylic acid groups (broad SMARTS) is 1. The molecule has 34 heavy (non-hydrogen) atoms. The number of carbonyl (C=O) groups is 2. The van der Waals surface area contributed by atoms with Crippen molar-refractivity contribution in [3.05, 3.63) is 23.5 Å². The molecule has 11 heteroatoms. The third-order valence-electron chi connectivity index (χ3n) is 6.01. The Kier molecular flexibility index (Phi) is 8.78. The SMILES string of the molecule is Cc1nc(-c2nnn(C)c2COC(=O)N(C)CCCC[18F])ccc1O[C@H]1CCC[C@@H](C(=O)O)C1. The summed E-state index contributed by atoms with van der Waals surface area (Å²) in [5, 5.41) is 17.5. The average molecular weight is 477 g/mol. The van der Waals surface area contributed by atoms with Crippen molar-refractivity contribution in [3.63, 3.8) is 0 Å². The number of alkyl halides is 1. The maximum Gasteiger partial charge on any atom is 0.409 e. The molecule has 0 radical (unpaired) electrons. The van der Waals surface area contributed by atoms with Crippen LogP contribution in [0.3, 0.4) is 0 Å². The van der Waals surface area contributed by atoms with E-state index in [1.807, 2.05) is 6.92 Å². The number of aryl methyl sites for hydroxylation is 2. The molecule has 0 bridgehead atoms. The molecule has 1 fully saturated rings. The molecule has 0 spiro atoms. The summed E-state index contributed by atoms with van der Waals surface area (Å²) >= 11 is 0. The maximum atomic E-state index is 12.3. The third kappa shape index (κ3) is 6.42. The number of pyridine rings is 1. The number of carbonyl (C=O) groups excluding carboxylic acids is 1. The van der Waals surface area contributed by atoms with Crippen LogP contribution in [-0.2, 0) is 23.2 Å². The molecule has 10 nitrogen and oxygen atoms in total. The number of aliphatic carboxylic acids is 1. The lowest BCUT2D eigenvalue weighted by Gasteiger charge is -2.27. The van der Waals surface area contributed by atoms with E-state index in [2.05, 4.69) is 15.3 Å². The topological polar surface area (TPSA) is 120 Å². The van der Waals surface area contributed by atoms with Crippen molar-refractivity contribution in [2.24, 2.45) is 13.0 Å². The second kappa shape index (κ2) is 11.8. The minimum atomic E-state index is -0.777. The number of unbranched alkanes of at least 4 members (excludes halogenated alkanes) is 1. The number of nitrogens with zero attached hydrogens (tertiary/aromatic N) is 5. The van der Waals surface area contributed by atoms with Crippen molar-refractivity contribution in [2.45, 2.75) is 58.2 Å². The molecule has 1 N–H and O–H groups in total. The lowest BCUT2D eigenvalue weighted by molar-refractivity contribution is -0.143. The minimum absolute atomic E-state index is 0.0389. The Morgan fingerprint density at radius 2 is 2.09 bits per heavy atom. The number of hydrogen-bond donors (Lipinski definition) is 1. The van der Waals surface area contributed by atoms with Crippen LogP contribution in [-0.4, -0.2) is 68.4 Å². The molecule has 186 valence electrons. The van der Waals surface area contributed by atoms with Gasteiger partial charge >= 0.3 is 12.1 Å². The molecule has 1 aliphatic rings. The number of ether oxygens (including phenoxy) is 2. The van der Waals surface area contributed by atoms with Crippen molar-refractivity contribution in [2.75, 3.05) is 20.3 Å². The van der Waals surface area contributed by atoms with Gasteiger partial charge in [0, 0.05) is 20.6 Å². The molecule has 2 atom stereocenters. The Bertz CT molecular complexity index is 998. The Morgan fingerprint density at radius 1 is 1.29 bits per heavy atom. The highest BCUT2D eigenvalue weighted by Crippen LogP contribution is 2.30. The Labute approximate surface area is 198 Å². The number of carboxylic acids is 1. The Hall–Kier alpha value is -3.24. The maximum absolute atomic E-state index is 12.3. The summed E-state index contributed by atoms with van der Waals surface area (Å²) < 4.78 is 25.3. The van der Waals surface area contributed by atoms with Crippen LogP contribution in [0.25, 0.3) is 11.4 Å². The Morgan fingerprint density at radius 3 is 2.79 bits per heavy atom. The van der Waals surface area contributed by atoms with Gasteiger partial charge in [0.1, 0.15) is 23.7 Å². The zero-order valence-electron chi connectivity index (χ0n) is 19.9. The van der Waals surface area contributed by atoms with Gasteiger partial charge in [0.05, 0.1) is 30.1 Å². The normalized spacial score (nSPS) is 17.9. The molecule has 2 aromatic rings. The molecule has 0 aliphatic heterocycles. The van der Waals surface area contributed by atoms with E-state index in [9.17, 15) is 19.1 Å². The summed E-state index contributed by atoms with van der Waals surface area (Å²) in [7, 11) is 3.31. The van der Waals surface area contributed by atoms with Crippen molar-refractivity contribution in [1.82, 2.24) is 24.9 Å². The van der Waals surface area contributed by atoms with Gasteiger partial charge in [0.25, 0.3) is 0 Å². The highest BCUT2D eigenvalue weighted by Gasteiger charge is 2.28. The van der Waals surface area contributed by atoms with Gasteiger partial charge in [0.15, 0.2) is 0 Å². The highest BCUT2D eigenvalue weighted by molar-refractivity contribution is 5.70. The van der Waals surface area contributed by atoms with Crippen molar-refractivity contribution in [1.29, 1.82) is 0 Å². The molecular weight excluding hydrogens is 444 g/mol. The van der Waals surface area contributed by atoms with E-state index < -0.39 is 18.7 Å². The monoisotopic (exact) mass is 476 g/mol. The summed E-state index contributed by atoms with van der Waals surface area (Å²) in [4.78, 5) is 29.6. The van der Waals surface area contributed by atoms with Gasteiger partial charge in [-0.15, -0.1) is 5.10 Å². The van der Waals surface area contributed by atoms with Crippen molar-refractivity contribution >= 4 is 12.1 Å². The molecule has 2 aromatic heterocycles. The van der Waals surface area contributed by atoms with E-state index >= 15 is 0 Å². The van der Waals surface area contributed by atoms with Crippen LogP contribution >= 0.6 is 0 Å². The zero-order chi connectivity index (χ0) is 24.7. The van der Waals surface area contributed by atoms with E-state index in [0.717, 1.165) is 12.8 Å². The average Bonchev–Trinajstić information content (AvgIpc) is 3.19. The molecule has 3 rings (SSSR count). The van der Waals surface area contributed by atoms with E-state index in [1.54, 1.807) is 26.2 Å². The number of aromatic nitrogens is 4.